The zero-order chi connectivity index (χ0) is 14.1. The van der Waals surface area contributed by atoms with Gasteiger partial charge in [-0.1, -0.05) is 0 Å². The van der Waals surface area contributed by atoms with E-state index in [2.05, 4.69) is 0 Å². The first-order chi connectivity index (χ1) is 8.80. The van der Waals surface area contributed by atoms with Gasteiger partial charge in [0.2, 0.25) is 0 Å². The molecule has 0 atom stereocenters. The number of rotatable bonds is 0. The molecular weight excluding hydrogens is 250 g/mol. The molecule has 6 nitrogen and oxygen atoms in total. The largest absolute Gasteiger partial charge is 0.444 e. The zero-order valence-corrected chi connectivity index (χ0v) is 11.7. The predicted molar refractivity (Wildman–Crippen MR) is 66.7 cm³/mol. The zero-order valence-electron chi connectivity index (χ0n) is 11.7. The van der Waals surface area contributed by atoms with Gasteiger partial charge in [-0.15, -0.1) is 0 Å². The van der Waals surface area contributed by atoms with Crippen LogP contribution in [-0.2, 0) is 19.0 Å². The van der Waals surface area contributed by atoms with Crippen LogP contribution in [0.3, 0.4) is 0 Å². The van der Waals surface area contributed by atoms with Crippen LogP contribution >= 0.6 is 0 Å². The van der Waals surface area contributed by atoms with Gasteiger partial charge in [0.25, 0.3) is 0 Å². The Bertz CT molecular complexity index is 354. The maximum absolute atomic E-state index is 11.9. The first-order valence-corrected chi connectivity index (χ1v) is 6.57. The molecule has 0 saturated carbocycles. The second-order valence-electron chi connectivity index (χ2n) is 5.99. The predicted octanol–water partition coefficient (Wildman–Crippen LogP) is 1.33. The molecule has 0 aliphatic carbocycles. The maximum Gasteiger partial charge on any atom is 0.410 e. The van der Waals surface area contributed by atoms with Crippen LogP contribution in [0.4, 0.5) is 4.79 Å². The van der Waals surface area contributed by atoms with Gasteiger partial charge in [-0.05, 0) is 20.8 Å². The van der Waals surface area contributed by atoms with Crippen molar-refractivity contribution >= 4 is 11.9 Å². The molecule has 2 saturated heterocycles. The van der Waals surface area contributed by atoms with Crippen LogP contribution in [0.5, 0.6) is 0 Å². The molecule has 108 valence electrons. The molecule has 19 heavy (non-hydrogen) atoms. The number of Topliss-reactive ketones (excluding diaryl/α,β-unsaturated/α-hetero) is 1. The topological polar surface area (TPSA) is 65.1 Å². The Kier molecular flexibility index (Phi) is 3.82. The van der Waals surface area contributed by atoms with E-state index >= 15 is 0 Å². The van der Waals surface area contributed by atoms with Crippen molar-refractivity contribution in [3.05, 3.63) is 0 Å². The average Bonchev–Trinajstić information content (AvgIpc) is 2.32. The minimum atomic E-state index is -0.688. The molecule has 0 unspecified atom stereocenters. The highest BCUT2D eigenvalue weighted by atomic mass is 16.7. The van der Waals surface area contributed by atoms with E-state index in [1.54, 1.807) is 4.90 Å². The summed E-state index contributed by atoms with van der Waals surface area (Å²) in [7, 11) is 0. The summed E-state index contributed by atoms with van der Waals surface area (Å²) in [5, 5.41) is 0. The van der Waals surface area contributed by atoms with E-state index in [1.165, 1.54) is 0 Å². The first-order valence-electron chi connectivity index (χ1n) is 6.57. The molecule has 2 rings (SSSR count). The van der Waals surface area contributed by atoms with Gasteiger partial charge in [-0.25, -0.2) is 4.79 Å². The van der Waals surface area contributed by atoms with Crippen molar-refractivity contribution in [1.82, 2.24) is 4.90 Å². The fraction of sp³-hybridized carbons (Fsp3) is 0.846. The van der Waals surface area contributed by atoms with Gasteiger partial charge in [0, 0.05) is 25.9 Å². The lowest BCUT2D eigenvalue weighted by atomic mass is 10.0. The quantitative estimate of drug-likeness (QED) is 0.665. The van der Waals surface area contributed by atoms with E-state index in [9.17, 15) is 9.59 Å². The highest BCUT2D eigenvalue weighted by Gasteiger charge is 2.41. The van der Waals surface area contributed by atoms with E-state index in [1.807, 2.05) is 20.8 Å². The Morgan fingerprint density at radius 2 is 1.74 bits per heavy atom. The lowest BCUT2D eigenvalue weighted by molar-refractivity contribution is -0.270. The summed E-state index contributed by atoms with van der Waals surface area (Å²) in [6.45, 7) is 6.77. The molecular formula is C13H21NO5. The molecule has 2 aliphatic heterocycles. The molecule has 2 heterocycles. The third-order valence-electron chi connectivity index (χ3n) is 3.17. The Morgan fingerprint density at radius 1 is 1.21 bits per heavy atom. The molecule has 0 aromatic rings. The van der Waals surface area contributed by atoms with E-state index in [-0.39, 0.29) is 25.1 Å². The second-order valence-corrected chi connectivity index (χ2v) is 5.99. The Labute approximate surface area is 113 Å². The van der Waals surface area contributed by atoms with Gasteiger partial charge in [0.05, 0.1) is 0 Å². The third kappa shape index (κ3) is 3.67. The molecule has 0 radical (unpaired) electrons. The van der Waals surface area contributed by atoms with Gasteiger partial charge in [0.1, 0.15) is 18.8 Å². The highest BCUT2D eigenvalue weighted by molar-refractivity contribution is 5.81. The molecule has 0 aromatic heterocycles. The number of ketones is 1. The summed E-state index contributed by atoms with van der Waals surface area (Å²) in [5.41, 5.74) is -0.490. The van der Waals surface area contributed by atoms with Gasteiger partial charge in [0.15, 0.2) is 11.6 Å². The van der Waals surface area contributed by atoms with Crippen LogP contribution < -0.4 is 0 Å². The van der Waals surface area contributed by atoms with Crippen molar-refractivity contribution in [3.8, 4) is 0 Å². The molecule has 6 heteroatoms. The van der Waals surface area contributed by atoms with E-state index < -0.39 is 11.4 Å². The van der Waals surface area contributed by atoms with Crippen molar-refractivity contribution < 1.29 is 23.8 Å². The Balaban J connectivity index is 1.85. The fourth-order valence-corrected chi connectivity index (χ4v) is 2.15. The van der Waals surface area contributed by atoms with Crippen LogP contribution in [0.1, 0.15) is 33.6 Å². The SMILES string of the molecule is CC(C)(C)OC(=O)N1CCC2(CC1)OCC(=O)CO2. The summed E-state index contributed by atoms with van der Waals surface area (Å²) >= 11 is 0. The summed E-state index contributed by atoms with van der Waals surface area (Å²) in [5.74, 6) is -0.730. The highest BCUT2D eigenvalue weighted by Crippen LogP contribution is 2.30. The molecule has 2 aliphatic rings. The molecule has 2 fully saturated rings. The molecule has 0 N–H and O–H groups in total. The molecule has 1 amide bonds. The summed E-state index contributed by atoms with van der Waals surface area (Å²) in [6.07, 6.45) is 0.827. The standard InChI is InChI=1S/C13H21NO5/c1-12(2,3)19-11(16)14-6-4-13(5-7-14)17-8-10(15)9-18-13/h4-9H2,1-3H3. The van der Waals surface area contributed by atoms with Crippen LogP contribution in [-0.4, -0.2) is 54.5 Å². The monoisotopic (exact) mass is 271 g/mol. The summed E-state index contributed by atoms with van der Waals surface area (Å²) < 4.78 is 16.3. The van der Waals surface area contributed by atoms with Gasteiger partial charge in [-0.2, -0.15) is 0 Å². The lowest BCUT2D eigenvalue weighted by Crippen LogP contribution is -2.53. The van der Waals surface area contributed by atoms with E-state index in [0.29, 0.717) is 25.9 Å². The summed E-state index contributed by atoms with van der Waals surface area (Å²) in [6, 6.07) is 0. The summed E-state index contributed by atoms with van der Waals surface area (Å²) in [4.78, 5) is 24.6. The van der Waals surface area contributed by atoms with Crippen LogP contribution in [0.15, 0.2) is 0 Å². The number of hydrogen-bond donors (Lipinski definition) is 0. The van der Waals surface area contributed by atoms with E-state index in [4.69, 9.17) is 14.2 Å². The number of nitrogens with zero attached hydrogens (tertiary/aromatic N) is 1. The van der Waals surface area contributed by atoms with Crippen LogP contribution in [0.2, 0.25) is 0 Å². The Hall–Kier alpha value is -1.14. The molecule has 1 spiro atoms. The average molecular weight is 271 g/mol. The van der Waals surface area contributed by atoms with Crippen molar-refractivity contribution in [1.29, 1.82) is 0 Å². The van der Waals surface area contributed by atoms with Crippen LogP contribution in [0.25, 0.3) is 0 Å². The first kappa shape index (κ1) is 14.3. The number of hydrogen-bond acceptors (Lipinski definition) is 5. The van der Waals surface area contributed by atoms with Crippen molar-refractivity contribution in [3.63, 3.8) is 0 Å². The van der Waals surface area contributed by atoms with Gasteiger partial charge >= 0.3 is 6.09 Å². The van der Waals surface area contributed by atoms with Crippen molar-refractivity contribution in [2.24, 2.45) is 0 Å². The number of ether oxygens (including phenoxy) is 3. The Morgan fingerprint density at radius 3 is 2.21 bits per heavy atom. The second kappa shape index (κ2) is 5.09. The fourth-order valence-electron chi connectivity index (χ4n) is 2.15. The molecule has 0 bridgehead atoms. The van der Waals surface area contributed by atoms with E-state index in [0.717, 1.165) is 0 Å². The number of likely N-dealkylation sites (tertiary alicyclic amines) is 1. The van der Waals surface area contributed by atoms with Gasteiger partial charge < -0.3 is 19.1 Å². The number of carbonyl (C=O) groups is 2. The number of piperidine rings is 1. The number of amides is 1. The lowest BCUT2D eigenvalue weighted by Gasteiger charge is -2.42. The van der Waals surface area contributed by atoms with Crippen molar-refractivity contribution in [2.45, 2.75) is 45.0 Å². The maximum atomic E-state index is 11.9. The smallest absolute Gasteiger partial charge is 0.410 e. The minimum absolute atomic E-state index is 0.0415. The molecule has 0 aromatic carbocycles. The normalized spacial score (nSPS) is 23.5. The van der Waals surface area contributed by atoms with Crippen molar-refractivity contribution in [2.75, 3.05) is 26.3 Å². The van der Waals surface area contributed by atoms with Gasteiger partial charge in [-0.3, -0.25) is 4.79 Å². The minimum Gasteiger partial charge on any atom is -0.444 e. The number of carbonyl (C=O) groups excluding carboxylic acids is 2. The van der Waals surface area contributed by atoms with Crippen LogP contribution in [0, 0.1) is 0 Å². The third-order valence-corrected chi connectivity index (χ3v) is 3.17.